The molecule has 0 aliphatic heterocycles. The lowest BCUT2D eigenvalue weighted by atomic mass is 10.1. The molecular formula is C18H20N2S. The zero-order valence-electron chi connectivity index (χ0n) is 12.1. The third-order valence-electron chi connectivity index (χ3n) is 3.65. The molecule has 1 aliphatic rings. The van der Waals surface area contributed by atoms with Gasteiger partial charge < -0.3 is 5.73 Å². The second-order valence-electron chi connectivity index (χ2n) is 5.42. The van der Waals surface area contributed by atoms with E-state index < -0.39 is 0 Å². The Kier molecular flexibility index (Phi) is 4.72. The molecular weight excluding hydrogens is 276 g/mol. The lowest BCUT2D eigenvalue weighted by Crippen LogP contribution is -2.24. The molecule has 1 heterocycles. The number of hydrogen-bond acceptors (Lipinski definition) is 3. The summed E-state index contributed by atoms with van der Waals surface area (Å²) in [5.74, 6) is 6.04. The minimum absolute atomic E-state index is 0.413. The molecule has 1 saturated carbocycles. The molecule has 3 rings (SSSR count). The van der Waals surface area contributed by atoms with Crippen LogP contribution in [0.15, 0.2) is 41.8 Å². The van der Waals surface area contributed by atoms with Gasteiger partial charge in [-0.15, -0.1) is 11.3 Å². The van der Waals surface area contributed by atoms with Crippen molar-refractivity contribution >= 4 is 11.3 Å². The Morgan fingerprint density at radius 3 is 2.81 bits per heavy atom. The van der Waals surface area contributed by atoms with Crippen molar-refractivity contribution in [3.63, 3.8) is 0 Å². The van der Waals surface area contributed by atoms with Crippen LogP contribution in [0, 0.1) is 11.8 Å². The molecule has 21 heavy (non-hydrogen) atoms. The highest BCUT2D eigenvalue weighted by molar-refractivity contribution is 7.09. The summed E-state index contributed by atoms with van der Waals surface area (Å²) in [6, 6.07) is 13.6. The predicted octanol–water partition coefficient (Wildman–Crippen LogP) is 3.22. The van der Waals surface area contributed by atoms with Crippen LogP contribution in [0.2, 0.25) is 0 Å². The molecule has 108 valence electrons. The Bertz CT molecular complexity index is 633. The molecule has 1 fully saturated rings. The van der Waals surface area contributed by atoms with Gasteiger partial charge >= 0.3 is 0 Å². The fourth-order valence-corrected chi connectivity index (χ4v) is 3.22. The summed E-state index contributed by atoms with van der Waals surface area (Å²) in [6.45, 7) is 2.47. The van der Waals surface area contributed by atoms with Crippen molar-refractivity contribution in [3.05, 3.63) is 57.8 Å². The van der Waals surface area contributed by atoms with Crippen LogP contribution in [0.1, 0.15) is 28.8 Å². The fourth-order valence-electron chi connectivity index (χ4n) is 2.49. The minimum atomic E-state index is 0.413. The summed E-state index contributed by atoms with van der Waals surface area (Å²) in [6.07, 6.45) is 2.66. The number of thiophene rings is 1. The van der Waals surface area contributed by atoms with Crippen molar-refractivity contribution in [2.75, 3.05) is 6.54 Å². The number of nitrogens with zero attached hydrogens (tertiary/aromatic N) is 1. The summed E-state index contributed by atoms with van der Waals surface area (Å²) in [4.78, 5) is 4.03. The van der Waals surface area contributed by atoms with E-state index in [0.717, 1.165) is 24.7 Å². The van der Waals surface area contributed by atoms with Crippen molar-refractivity contribution < 1.29 is 0 Å². The maximum absolute atomic E-state index is 5.44. The third kappa shape index (κ3) is 4.18. The molecule has 0 bridgehead atoms. The summed E-state index contributed by atoms with van der Waals surface area (Å²) in [7, 11) is 0. The number of nitrogens with two attached hydrogens (primary N) is 1. The molecule has 0 radical (unpaired) electrons. The average molecular weight is 296 g/mol. The maximum atomic E-state index is 5.44. The quantitative estimate of drug-likeness (QED) is 0.858. The number of hydrogen-bond donors (Lipinski definition) is 1. The highest BCUT2D eigenvalue weighted by Crippen LogP contribution is 2.30. The van der Waals surface area contributed by atoms with E-state index in [9.17, 15) is 0 Å². The Morgan fingerprint density at radius 1 is 1.19 bits per heavy atom. The molecule has 2 nitrogen and oxygen atoms in total. The molecule has 1 aliphatic carbocycles. The normalized spacial score (nSPS) is 14.0. The van der Waals surface area contributed by atoms with Crippen molar-refractivity contribution in [1.82, 2.24) is 4.90 Å². The van der Waals surface area contributed by atoms with Crippen LogP contribution >= 0.6 is 11.3 Å². The standard InChI is InChI=1S/C18H20N2S/c19-10-2-6-15-4-1-5-16(12-15)13-20(17-8-9-17)14-18-7-3-11-21-18/h1,3-5,7,11-12,17H,8-10,13-14,19H2. The van der Waals surface area contributed by atoms with E-state index in [1.807, 2.05) is 17.4 Å². The van der Waals surface area contributed by atoms with Gasteiger partial charge in [-0.3, -0.25) is 4.90 Å². The van der Waals surface area contributed by atoms with Crippen LogP contribution in [0.3, 0.4) is 0 Å². The second-order valence-corrected chi connectivity index (χ2v) is 6.45. The van der Waals surface area contributed by atoms with E-state index in [0.29, 0.717) is 6.54 Å². The smallest absolute Gasteiger partial charge is 0.0555 e. The summed E-state index contributed by atoms with van der Waals surface area (Å²) in [5, 5.41) is 2.16. The predicted molar refractivity (Wildman–Crippen MR) is 89.0 cm³/mol. The molecule has 0 amide bonds. The Morgan fingerprint density at radius 2 is 2.10 bits per heavy atom. The van der Waals surface area contributed by atoms with E-state index >= 15 is 0 Å². The molecule has 2 aromatic rings. The molecule has 0 spiro atoms. The molecule has 2 N–H and O–H groups in total. The molecule has 0 atom stereocenters. The van der Waals surface area contributed by atoms with Gasteiger partial charge in [-0.2, -0.15) is 0 Å². The molecule has 0 unspecified atom stereocenters. The van der Waals surface area contributed by atoms with Gasteiger partial charge in [-0.1, -0.05) is 30.0 Å². The summed E-state index contributed by atoms with van der Waals surface area (Å²) < 4.78 is 0. The van der Waals surface area contributed by atoms with E-state index in [-0.39, 0.29) is 0 Å². The topological polar surface area (TPSA) is 29.3 Å². The Hall–Kier alpha value is -1.60. The van der Waals surface area contributed by atoms with E-state index in [2.05, 4.69) is 52.5 Å². The largest absolute Gasteiger partial charge is 0.320 e. The first-order chi connectivity index (χ1) is 10.3. The van der Waals surface area contributed by atoms with Crippen molar-refractivity contribution in [1.29, 1.82) is 0 Å². The van der Waals surface area contributed by atoms with Gasteiger partial charge in [0.25, 0.3) is 0 Å². The lowest BCUT2D eigenvalue weighted by Gasteiger charge is -2.21. The molecule has 0 saturated heterocycles. The first kappa shape index (κ1) is 14.3. The van der Waals surface area contributed by atoms with Gasteiger partial charge in [0, 0.05) is 29.6 Å². The second kappa shape index (κ2) is 6.91. The van der Waals surface area contributed by atoms with Crippen LogP contribution in [0.5, 0.6) is 0 Å². The van der Waals surface area contributed by atoms with Crippen LogP contribution in [-0.4, -0.2) is 17.5 Å². The highest BCUT2D eigenvalue weighted by Gasteiger charge is 2.29. The average Bonchev–Trinajstić information content (AvgIpc) is 3.23. The minimum Gasteiger partial charge on any atom is -0.320 e. The van der Waals surface area contributed by atoms with Crippen LogP contribution < -0.4 is 5.73 Å². The van der Waals surface area contributed by atoms with Gasteiger partial charge in [0.05, 0.1) is 6.54 Å². The monoisotopic (exact) mass is 296 g/mol. The van der Waals surface area contributed by atoms with Crippen molar-refractivity contribution in [2.24, 2.45) is 5.73 Å². The Labute approximate surface area is 130 Å². The highest BCUT2D eigenvalue weighted by atomic mass is 32.1. The number of rotatable bonds is 5. The first-order valence-corrected chi connectivity index (χ1v) is 8.27. The molecule has 1 aromatic heterocycles. The number of benzene rings is 1. The van der Waals surface area contributed by atoms with E-state index in [1.54, 1.807) is 0 Å². The van der Waals surface area contributed by atoms with E-state index in [1.165, 1.54) is 23.3 Å². The zero-order valence-corrected chi connectivity index (χ0v) is 12.9. The first-order valence-electron chi connectivity index (χ1n) is 7.39. The van der Waals surface area contributed by atoms with Gasteiger partial charge in [0.1, 0.15) is 0 Å². The third-order valence-corrected chi connectivity index (χ3v) is 4.51. The van der Waals surface area contributed by atoms with Crippen molar-refractivity contribution in [3.8, 4) is 11.8 Å². The molecule has 1 aromatic carbocycles. The lowest BCUT2D eigenvalue weighted by molar-refractivity contribution is 0.248. The van der Waals surface area contributed by atoms with E-state index in [4.69, 9.17) is 5.73 Å². The van der Waals surface area contributed by atoms with Crippen LogP contribution in [0.4, 0.5) is 0 Å². The van der Waals surface area contributed by atoms with Crippen LogP contribution in [-0.2, 0) is 13.1 Å². The zero-order chi connectivity index (χ0) is 14.5. The Balaban J connectivity index is 1.70. The SMILES string of the molecule is NCC#Cc1cccc(CN(Cc2cccs2)C2CC2)c1. The van der Waals surface area contributed by atoms with Gasteiger partial charge in [-0.25, -0.2) is 0 Å². The van der Waals surface area contributed by atoms with Crippen LogP contribution in [0.25, 0.3) is 0 Å². The summed E-state index contributed by atoms with van der Waals surface area (Å²) in [5.41, 5.74) is 7.83. The van der Waals surface area contributed by atoms with Gasteiger partial charge in [-0.05, 0) is 42.0 Å². The fraction of sp³-hybridized carbons (Fsp3) is 0.333. The maximum Gasteiger partial charge on any atom is 0.0555 e. The van der Waals surface area contributed by atoms with Crippen molar-refractivity contribution in [2.45, 2.75) is 32.0 Å². The van der Waals surface area contributed by atoms with Gasteiger partial charge in [0.2, 0.25) is 0 Å². The van der Waals surface area contributed by atoms with Gasteiger partial charge in [0.15, 0.2) is 0 Å². The summed E-state index contributed by atoms with van der Waals surface area (Å²) >= 11 is 1.84. The molecule has 3 heteroatoms.